The lowest BCUT2D eigenvalue weighted by Gasteiger charge is -2.22. The molecule has 4 rings (SSSR count). The third-order valence-electron chi connectivity index (χ3n) is 4.83. The second-order valence-electron chi connectivity index (χ2n) is 6.34. The van der Waals surface area contributed by atoms with Crippen molar-refractivity contribution in [3.05, 3.63) is 41.4 Å². The normalized spacial score (nSPS) is 14.7. The van der Waals surface area contributed by atoms with Gasteiger partial charge in [0.05, 0.1) is 29.5 Å². The van der Waals surface area contributed by atoms with Crippen LogP contribution in [0.2, 0.25) is 0 Å². The molecule has 0 saturated heterocycles. The first-order valence-corrected chi connectivity index (χ1v) is 8.66. The van der Waals surface area contributed by atoms with Gasteiger partial charge in [0.25, 0.3) is 0 Å². The average Bonchev–Trinajstić information content (AvgIpc) is 3.13. The van der Waals surface area contributed by atoms with Crippen LogP contribution in [-0.2, 0) is 12.8 Å². The molecule has 6 heteroatoms. The van der Waals surface area contributed by atoms with Crippen LogP contribution in [0.3, 0.4) is 0 Å². The lowest BCUT2D eigenvalue weighted by Crippen LogP contribution is -2.14. The van der Waals surface area contributed by atoms with E-state index in [1.54, 1.807) is 6.20 Å². The molecule has 0 saturated carbocycles. The monoisotopic (exact) mass is 335 g/mol. The Kier molecular flexibility index (Phi) is 4.19. The van der Waals surface area contributed by atoms with Crippen LogP contribution in [0.25, 0.3) is 27.4 Å². The number of nitrogens with zero attached hydrogens (tertiary/aromatic N) is 2. The molecular formula is C19H21N5O. The molecule has 3 aromatic rings. The molecule has 0 spiro atoms. The fraction of sp³-hybridized carbons (Fsp3) is 0.316. The van der Waals surface area contributed by atoms with E-state index in [0.29, 0.717) is 6.54 Å². The van der Waals surface area contributed by atoms with Gasteiger partial charge in [0.2, 0.25) is 0 Å². The summed E-state index contributed by atoms with van der Waals surface area (Å²) in [5, 5.41) is 29.4. The lowest BCUT2D eigenvalue weighted by atomic mass is 9.85. The maximum absolute atomic E-state index is 8.96. The van der Waals surface area contributed by atoms with Crippen LogP contribution >= 0.6 is 0 Å². The van der Waals surface area contributed by atoms with E-state index in [-0.39, 0.29) is 6.61 Å². The second-order valence-corrected chi connectivity index (χ2v) is 6.34. The summed E-state index contributed by atoms with van der Waals surface area (Å²) >= 11 is 0. The van der Waals surface area contributed by atoms with E-state index in [9.17, 15) is 0 Å². The number of aryl methyl sites for hydroxylation is 1. The lowest BCUT2D eigenvalue weighted by molar-refractivity contribution is 0.298. The summed E-state index contributed by atoms with van der Waals surface area (Å²) in [6.45, 7) is 0.520. The number of rotatable bonds is 5. The second kappa shape index (κ2) is 6.64. The van der Waals surface area contributed by atoms with Crippen LogP contribution in [0, 0.1) is 5.41 Å². The molecule has 128 valence electrons. The summed E-state index contributed by atoms with van der Waals surface area (Å²) in [6, 6.07) is 4.03. The van der Waals surface area contributed by atoms with Crippen LogP contribution in [0.4, 0.5) is 0 Å². The highest BCUT2D eigenvalue weighted by Gasteiger charge is 2.21. The number of aromatic nitrogens is 3. The molecule has 1 aliphatic rings. The van der Waals surface area contributed by atoms with E-state index in [4.69, 9.17) is 15.5 Å². The Morgan fingerprint density at radius 2 is 2.12 bits per heavy atom. The van der Waals surface area contributed by atoms with Crippen LogP contribution in [0.15, 0.2) is 24.5 Å². The zero-order chi connectivity index (χ0) is 17.2. The maximum Gasteiger partial charge on any atom is 0.0774 e. The predicted molar refractivity (Wildman–Crippen MR) is 99.9 cm³/mol. The molecule has 2 aromatic heterocycles. The van der Waals surface area contributed by atoms with Crippen molar-refractivity contribution in [2.75, 3.05) is 13.2 Å². The molecule has 2 heterocycles. The summed E-state index contributed by atoms with van der Waals surface area (Å²) in [5.41, 5.74) is 6.19. The third-order valence-corrected chi connectivity index (χ3v) is 4.83. The summed E-state index contributed by atoms with van der Waals surface area (Å²) in [4.78, 5) is 4.90. The van der Waals surface area contributed by atoms with Gasteiger partial charge in [-0.3, -0.25) is 5.10 Å². The quantitative estimate of drug-likeness (QED) is 0.425. The van der Waals surface area contributed by atoms with E-state index in [0.717, 1.165) is 46.9 Å². The van der Waals surface area contributed by atoms with Gasteiger partial charge in [-0.15, -0.1) is 0 Å². The summed E-state index contributed by atoms with van der Waals surface area (Å²) in [7, 11) is 0. The van der Waals surface area contributed by atoms with Crippen molar-refractivity contribution in [1.82, 2.24) is 20.5 Å². The fourth-order valence-electron chi connectivity index (χ4n) is 3.71. The zero-order valence-electron chi connectivity index (χ0n) is 14.0. The number of aliphatic hydroxyl groups is 1. The number of hydrogen-bond acceptors (Lipinski definition) is 5. The average molecular weight is 335 g/mol. The van der Waals surface area contributed by atoms with Gasteiger partial charge in [-0.05, 0) is 48.9 Å². The van der Waals surface area contributed by atoms with Gasteiger partial charge >= 0.3 is 0 Å². The molecule has 25 heavy (non-hydrogen) atoms. The maximum atomic E-state index is 8.96. The Morgan fingerprint density at radius 3 is 2.92 bits per heavy atom. The molecule has 6 nitrogen and oxygen atoms in total. The minimum absolute atomic E-state index is 0.0590. The molecule has 0 bridgehead atoms. The van der Waals surface area contributed by atoms with Crippen molar-refractivity contribution < 1.29 is 5.11 Å². The summed E-state index contributed by atoms with van der Waals surface area (Å²) < 4.78 is 0. The molecule has 0 fully saturated rings. The highest BCUT2D eigenvalue weighted by molar-refractivity contribution is 6.11. The minimum atomic E-state index is 0.0590. The van der Waals surface area contributed by atoms with Crippen molar-refractivity contribution in [3.63, 3.8) is 0 Å². The highest BCUT2D eigenvalue weighted by Crippen LogP contribution is 2.35. The Hall–Kier alpha value is -2.73. The number of fused-ring (bicyclic) bond motifs is 5. The van der Waals surface area contributed by atoms with Crippen molar-refractivity contribution >= 4 is 33.6 Å². The first kappa shape index (κ1) is 15.8. The number of hydrogen-bond donors (Lipinski definition) is 4. The van der Waals surface area contributed by atoms with E-state index in [1.165, 1.54) is 29.1 Å². The Bertz CT molecular complexity index is 973. The molecule has 0 aliphatic heterocycles. The number of aliphatic hydroxyl groups excluding tert-OH is 1. The first-order valence-electron chi connectivity index (χ1n) is 8.66. The number of pyridine rings is 1. The van der Waals surface area contributed by atoms with Gasteiger partial charge < -0.3 is 15.8 Å². The van der Waals surface area contributed by atoms with Crippen LogP contribution < -0.4 is 5.32 Å². The van der Waals surface area contributed by atoms with E-state index in [2.05, 4.69) is 15.5 Å². The van der Waals surface area contributed by atoms with E-state index in [1.807, 2.05) is 18.3 Å². The number of benzene rings is 1. The largest absolute Gasteiger partial charge is 0.395 e. The van der Waals surface area contributed by atoms with Gasteiger partial charge in [-0.1, -0.05) is 0 Å². The number of allylic oxidation sites excluding steroid dienone is 1. The van der Waals surface area contributed by atoms with Gasteiger partial charge in [0, 0.05) is 35.3 Å². The predicted octanol–water partition coefficient (Wildman–Crippen LogP) is 2.56. The number of nitrogens with one attached hydrogen (secondary N) is 3. The molecule has 4 N–H and O–H groups in total. The Morgan fingerprint density at radius 1 is 1.28 bits per heavy atom. The SMILES string of the molecule is N=C/C(=C\NCCO)c1nc2ccc3[nH]ncc3c2c2c1CCCC2. The molecule has 0 unspecified atom stereocenters. The summed E-state index contributed by atoms with van der Waals surface area (Å²) in [6.07, 6.45) is 9.32. The van der Waals surface area contributed by atoms with Crippen LogP contribution in [0.1, 0.15) is 29.7 Å². The zero-order valence-corrected chi connectivity index (χ0v) is 14.0. The van der Waals surface area contributed by atoms with Crippen molar-refractivity contribution in [2.24, 2.45) is 0 Å². The minimum Gasteiger partial charge on any atom is -0.395 e. The first-order chi connectivity index (χ1) is 12.3. The Balaban J connectivity index is 1.97. The van der Waals surface area contributed by atoms with Gasteiger partial charge in [0.1, 0.15) is 0 Å². The standard InChI is InChI=1S/C19H21N5O/c20-9-12(10-21-7-8-25)19-14-4-2-1-3-13(14)18-15-11-22-24-16(15)5-6-17(18)23-19/h5-6,9-11,20-21,25H,1-4,7-8H2,(H,22,24)/b12-10+,20-9?. The Labute approximate surface area is 145 Å². The van der Waals surface area contributed by atoms with Gasteiger partial charge in [-0.25, -0.2) is 4.98 Å². The molecule has 0 radical (unpaired) electrons. The third kappa shape index (κ3) is 2.68. The molecule has 1 aromatic carbocycles. The van der Waals surface area contributed by atoms with Crippen LogP contribution in [0.5, 0.6) is 0 Å². The molecular weight excluding hydrogens is 314 g/mol. The number of H-pyrrole nitrogens is 1. The van der Waals surface area contributed by atoms with Gasteiger partial charge in [0.15, 0.2) is 0 Å². The highest BCUT2D eigenvalue weighted by atomic mass is 16.3. The number of aromatic amines is 1. The smallest absolute Gasteiger partial charge is 0.0774 e. The van der Waals surface area contributed by atoms with E-state index >= 15 is 0 Å². The fourth-order valence-corrected chi connectivity index (χ4v) is 3.71. The van der Waals surface area contributed by atoms with Crippen molar-refractivity contribution in [3.8, 4) is 0 Å². The topological polar surface area (TPSA) is 97.7 Å². The van der Waals surface area contributed by atoms with Gasteiger partial charge in [-0.2, -0.15) is 5.10 Å². The molecule has 1 aliphatic carbocycles. The van der Waals surface area contributed by atoms with Crippen molar-refractivity contribution in [1.29, 1.82) is 5.41 Å². The molecule has 0 atom stereocenters. The van der Waals surface area contributed by atoms with E-state index < -0.39 is 0 Å². The molecule has 0 amide bonds. The van der Waals surface area contributed by atoms with Crippen molar-refractivity contribution in [2.45, 2.75) is 25.7 Å². The van der Waals surface area contributed by atoms with Crippen LogP contribution in [-0.4, -0.2) is 39.7 Å². The summed E-state index contributed by atoms with van der Waals surface area (Å²) in [5.74, 6) is 0.